The second-order valence-electron chi connectivity index (χ2n) is 5.82. The summed E-state index contributed by atoms with van der Waals surface area (Å²) in [6.07, 6.45) is 0. The molecule has 0 saturated carbocycles. The van der Waals surface area contributed by atoms with Crippen LogP contribution >= 0.6 is 0 Å². The number of hydrogen-bond donors (Lipinski definition) is 1. The van der Waals surface area contributed by atoms with Crippen LogP contribution in [0.15, 0.2) is 22.7 Å². The van der Waals surface area contributed by atoms with Gasteiger partial charge in [0.1, 0.15) is 24.2 Å². The van der Waals surface area contributed by atoms with E-state index in [-0.39, 0.29) is 11.7 Å². The highest BCUT2D eigenvalue weighted by Crippen LogP contribution is 2.32. The molecule has 7 nitrogen and oxygen atoms in total. The molecule has 1 aromatic carbocycles. The Balaban J connectivity index is 1.65. The van der Waals surface area contributed by atoms with Crippen molar-refractivity contribution in [2.45, 2.75) is 31.8 Å². The van der Waals surface area contributed by atoms with Crippen LogP contribution in [0.3, 0.4) is 0 Å². The normalized spacial score (nSPS) is 15.5. The quantitative estimate of drug-likeness (QED) is 0.876. The Kier molecular flexibility index (Phi) is 5.08. The SMILES string of the molecule is Cc1noc(C)c1C[S@](=O)[C@H](C)C(=O)Nc1ccc2c(c1)OCCO2. The van der Waals surface area contributed by atoms with Crippen molar-refractivity contribution in [3.8, 4) is 11.5 Å². The van der Waals surface area contributed by atoms with E-state index in [1.165, 1.54) is 0 Å². The van der Waals surface area contributed by atoms with Gasteiger partial charge in [0.15, 0.2) is 11.5 Å². The van der Waals surface area contributed by atoms with Gasteiger partial charge in [0.05, 0.1) is 11.4 Å². The number of ether oxygens (including phenoxy) is 2. The molecule has 8 heteroatoms. The van der Waals surface area contributed by atoms with E-state index in [1.807, 2.05) is 0 Å². The van der Waals surface area contributed by atoms with Crippen LogP contribution in [0.4, 0.5) is 5.69 Å². The van der Waals surface area contributed by atoms with Crippen molar-refractivity contribution in [3.05, 3.63) is 35.2 Å². The van der Waals surface area contributed by atoms with Gasteiger partial charge >= 0.3 is 0 Å². The molecular formula is C17H20N2O5S. The Hall–Kier alpha value is -2.35. The number of amides is 1. The molecule has 0 radical (unpaired) electrons. The minimum absolute atomic E-state index is 0.233. The molecule has 1 N–H and O–H groups in total. The Morgan fingerprint density at radius 2 is 2.00 bits per heavy atom. The predicted octanol–water partition coefficient (Wildman–Crippen LogP) is 2.34. The molecule has 25 heavy (non-hydrogen) atoms. The van der Waals surface area contributed by atoms with Gasteiger partial charge in [-0.3, -0.25) is 9.00 Å². The Bertz CT molecular complexity index is 798. The largest absolute Gasteiger partial charge is 0.486 e. The van der Waals surface area contributed by atoms with E-state index >= 15 is 0 Å². The first-order chi connectivity index (χ1) is 12.0. The Morgan fingerprint density at radius 3 is 2.68 bits per heavy atom. The van der Waals surface area contributed by atoms with Crippen molar-refractivity contribution >= 4 is 22.4 Å². The highest BCUT2D eigenvalue weighted by molar-refractivity contribution is 7.85. The number of benzene rings is 1. The summed E-state index contributed by atoms with van der Waals surface area (Å²) in [6.45, 7) is 6.19. The zero-order valence-corrected chi connectivity index (χ0v) is 15.1. The summed E-state index contributed by atoms with van der Waals surface area (Å²) < 4.78 is 28.5. The van der Waals surface area contributed by atoms with Crippen LogP contribution in [0.1, 0.15) is 23.9 Å². The average molecular weight is 364 g/mol. The molecule has 0 unspecified atom stereocenters. The number of fused-ring (bicyclic) bond motifs is 1. The Labute approximate surface area is 148 Å². The van der Waals surface area contributed by atoms with Gasteiger partial charge < -0.3 is 19.3 Å². The minimum Gasteiger partial charge on any atom is -0.486 e. The number of carbonyl (C=O) groups excluding carboxylic acids is 1. The lowest BCUT2D eigenvalue weighted by Gasteiger charge is -2.19. The lowest BCUT2D eigenvalue weighted by atomic mass is 10.2. The highest BCUT2D eigenvalue weighted by atomic mass is 32.2. The fourth-order valence-corrected chi connectivity index (χ4v) is 3.70. The molecule has 0 bridgehead atoms. The van der Waals surface area contributed by atoms with Crippen molar-refractivity contribution in [2.24, 2.45) is 0 Å². The molecule has 2 atom stereocenters. The fourth-order valence-electron chi connectivity index (χ4n) is 2.46. The third-order valence-corrected chi connectivity index (χ3v) is 5.62. The third-order valence-electron chi connectivity index (χ3n) is 4.04. The van der Waals surface area contributed by atoms with E-state index in [2.05, 4.69) is 10.5 Å². The monoisotopic (exact) mass is 364 g/mol. The van der Waals surface area contributed by atoms with Gasteiger partial charge in [-0.2, -0.15) is 0 Å². The first-order valence-corrected chi connectivity index (χ1v) is 9.33. The maximum Gasteiger partial charge on any atom is 0.239 e. The van der Waals surface area contributed by atoms with Crippen molar-refractivity contribution in [1.82, 2.24) is 5.16 Å². The predicted molar refractivity (Wildman–Crippen MR) is 93.3 cm³/mol. The molecule has 0 aliphatic carbocycles. The van der Waals surface area contributed by atoms with E-state index in [9.17, 15) is 9.00 Å². The van der Waals surface area contributed by atoms with E-state index in [4.69, 9.17) is 14.0 Å². The summed E-state index contributed by atoms with van der Waals surface area (Å²) in [5.41, 5.74) is 2.07. The maximum absolute atomic E-state index is 12.5. The van der Waals surface area contributed by atoms with E-state index in [0.717, 1.165) is 5.56 Å². The van der Waals surface area contributed by atoms with Crippen LogP contribution in [-0.4, -0.2) is 33.7 Å². The average Bonchev–Trinajstić information content (AvgIpc) is 2.92. The van der Waals surface area contributed by atoms with Crippen molar-refractivity contribution in [2.75, 3.05) is 18.5 Å². The molecule has 134 valence electrons. The first-order valence-electron chi connectivity index (χ1n) is 7.95. The smallest absolute Gasteiger partial charge is 0.239 e. The van der Waals surface area contributed by atoms with Crippen LogP contribution in [-0.2, 0) is 21.3 Å². The van der Waals surface area contributed by atoms with Crippen molar-refractivity contribution in [1.29, 1.82) is 0 Å². The van der Waals surface area contributed by atoms with Crippen LogP contribution in [0.2, 0.25) is 0 Å². The number of nitrogens with one attached hydrogen (secondary N) is 1. The zero-order valence-electron chi connectivity index (χ0n) is 14.3. The van der Waals surface area contributed by atoms with E-state index in [1.54, 1.807) is 39.0 Å². The van der Waals surface area contributed by atoms with E-state index in [0.29, 0.717) is 41.9 Å². The number of aryl methyl sites for hydroxylation is 2. The van der Waals surface area contributed by atoms with Gasteiger partial charge in [0.2, 0.25) is 5.91 Å². The summed E-state index contributed by atoms with van der Waals surface area (Å²) >= 11 is 0. The molecule has 1 aromatic heterocycles. The standard InChI is InChI=1S/C17H20N2O5S/c1-10-14(11(2)24-19-10)9-25(21)12(3)17(20)18-13-4-5-15-16(8-13)23-7-6-22-15/h4-5,8,12H,6-7,9H2,1-3H3,(H,18,20)/t12-,25+/m1/s1. The van der Waals surface area contributed by atoms with Crippen molar-refractivity contribution < 1.29 is 23.0 Å². The molecule has 1 aliphatic rings. The topological polar surface area (TPSA) is 90.7 Å². The molecule has 0 fully saturated rings. The molecule has 3 rings (SSSR count). The van der Waals surface area contributed by atoms with Gasteiger partial charge in [-0.15, -0.1) is 0 Å². The number of carbonyl (C=O) groups is 1. The van der Waals surface area contributed by atoms with Gasteiger partial charge in [-0.05, 0) is 32.9 Å². The summed E-state index contributed by atoms with van der Waals surface area (Å²) in [4.78, 5) is 12.4. The second-order valence-corrected chi connectivity index (χ2v) is 7.57. The van der Waals surface area contributed by atoms with Gasteiger partial charge in [0.25, 0.3) is 0 Å². The van der Waals surface area contributed by atoms with Gasteiger partial charge in [-0.25, -0.2) is 0 Å². The highest BCUT2D eigenvalue weighted by Gasteiger charge is 2.23. The van der Waals surface area contributed by atoms with E-state index < -0.39 is 16.0 Å². The number of aromatic nitrogens is 1. The number of anilines is 1. The summed E-state index contributed by atoms with van der Waals surface area (Å²) in [6, 6.07) is 5.18. The molecule has 0 spiro atoms. The second kappa shape index (κ2) is 7.26. The molecule has 2 heterocycles. The maximum atomic E-state index is 12.5. The minimum atomic E-state index is -1.39. The van der Waals surface area contributed by atoms with Crippen LogP contribution in [0, 0.1) is 13.8 Å². The van der Waals surface area contributed by atoms with Crippen LogP contribution < -0.4 is 14.8 Å². The number of nitrogens with zero attached hydrogens (tertiary/aromatic N) is 1. The number of hydrogen-bond acceptors (Lipinski definition) is 6. The molecule has 1 aliphatic heterocycles. The first kappa shape index (κ1) is 17.5. The zero-order chi connectivity index (χ0) is 18.0. The Morgan fingerprint density at radius 1 is 1.28 bits per heavy atom. The van der Waals surface area contributed by atoms with Crippen LogP contribution in [0.25, 0.3) is 0 Å². The third kappa shape index (κ3) is 3.84. The molecule has 0 saturated heterocycles. The lowest BCUT2D eigenvalue weighted by molar-refractivity contribution is -0.115. The number of rotatable bonds is 5. The fraction of sp³-hybridized carbons (Fsp3) is 0.412. The summed E-state index contributed by atoms with van der Waals surface area (Å²) in [5.74, 6) is 1.79. The molecular weight excluding hydrogens is 344 g/mol. The van der Waals surface area contributed by atoms with Crippen LogP contribution in [0.5, 0.6) is 11.5 Å². The van der Waals surface area contributed by atoms with Crippen molar-refractivity contribution in [3.63, 3.8) is 0 Å². The summed E-state index contributed by atoms with van der Waals surface area (Å²) in [5, 5.41) is 5.94. The molecule has 2 aromatic rings. The van der Waals surface area contributed by atoms with Gasteiger partial charge in [-0.1, -0.05) is 5.16 Å². The summed E-state index contributed by atoms with van der Waals surface area (Å²) in [7, 11) is -1.39. The molecule has 1 amide bonds. The lowest BCUT2D eigenvalue weighted by Crippen LogP contribution is -2.30. The van der Waals surface area contributed by atoms with Gasteiger partial charge in [0, 0.05) is 28.1 Å².